The van der Waals surface area contributed by atoms with E-state index in [0.717, 1.165) is 49.9 Å². The maximum absolute atomic E-state index is 5.85. The van der Waals surface area contributed by atoms with E-state index in [1.807, 2.05) is 24.3 Å². The zero-order chi connectivity index (χ0) is 25.0. The molecule has 1 fully saturated rings. The first kappa shape index (κ1) is 23.8. The zero-order valence-corrected chi connectivity index (χ0v) is 20.8. The summed E-state index contributed by atoms with van der Waals surface area (Å²) in [5.41, 5.74) is 21.3. The van der Waals surface area contributed by atoms with Gasteiger partial charge in [0.1, 0.15) is 0 Å². The quantitative estimate of drug-likeness (QED) is 0.232. The van der Waals surface area contributed by atoms with Crippen LogP contribution >= 0.6 is 0 Å². The van der Waals surface area contributed by atoms with E-state index in [2.05, 4.69) is 78.7 Å². The number of anilines is 2. The first-order chi connectivity index (χ1) is 17.5. The van der Waals surface area contributed by atoms with Crippen molar-refractivity contribution in [2.24, 2.45) is 5.92 Å². The summed E-state index contributed by atoms with van der Waals surface area (Å²) in [7, 11) is 0. The van der Waals surface area contributed by atoms with E-state index in [1.54, 1.807) is 0 Å². The van der Waals surface area contributed by atoms with Gasteiger partial charge in [0.05, 0.1) is 0 Å². The normalized spacial score (nSPS) is 15.3. The van der Waals surface area contributed by atoms with Crippen LogP contribution in [0.25, 0.3) is 0 Å². The fraction of sp³-hybridized carbons (Fsp3) is 0.235. The Morgan fingerprint density at radius 3 is 1.25 bits per heavy atom. The molecule has 2 nitrogen and oxygen atoms in total. The second kappa shape index (κ2) is 10.3. The van der Waals surface area contributed by atoms with Crippen LogP contribution in [0.3, 0.4) is 0 Å². The van der Waals surface area contributed by atoms with E-state index in [1.165, 1.54) is 33.4 Å². The SMILES string of the molecule is C#CC1CCC(c2ccc(Cc3ccc(N)cc3)cc2)(c2ccc(Cc3ccc(N)cc3)cc2)CC1. The van der Waals surface area contributed by atoms with Gasteiger partial charge >= 0.3 is 0 Å². The Balaban J connectivity index is 1.40. The lowest BCUT2D eigenvalue weighted by molar-refractivity contribution is 0.306. The summed E-state index contributed by atoms with van der Waals surface area (Å²) in [6.07, 6.45) is 11.9. The second-order valence-electron chi connectivity index (χ2n) is 10.3. The Morgan fingerprint density at radius 2 is 0.917 bits per heavy atom. The molecule has 0 radical (unpaired) electrons. The maximum atomic E-state index is 5.85. The minimum absolute atomic E-state index is 0.00675. The predicted molar refractivity (Wildman–Crippen MR) is 152 cm³/mol. The molecule has 4 aromatic rings. The Hall–Kier alpha value is -3.96. The molecule has 0 heterocycles. The maximum Gasteiger partial charge on any atom is 0.0314 e. The van der Waals surface area contributed by atoms with Crippen molar-refractivity contribution >= 4 is 11.4 Å². The fourth-order valence-electron chi connectivity index (χ4n) is 5.65. The third-order valence-corrected chi connectivity index (χ3v) is 7.86. The minimum Gasteiger partial charge on any atom is -0.399 e. The zero-order valence-electron chi connectivity index (χ0n) is 20.8. The number of benzene rings is 4. The van der Waals surface area contributed by atoms with Gasteiger partial charge in [-0.25, -0.2) is 0 Å². The molecule has 36 heavy (non-hydrogen) atoms. The highest BCUT2D eigenvalue weighted by molar-refractivity contribution is 5.45. The summed E-state index contributed by atoms with van der Waals surface area (Å²) in [4.78, 5) is 0. The summed E-state index contributed by atoms with van der Waals surface area (Å²) >= 11 is 0. The number of terminal acetylenes is 1. The summed E-state index contributed by atoms with van der Waals surface area (Å²) in [6.45, 7) is 0. The fourth-order valence-corrected chi connectivity index (χ4v) is 5.65. The number of hydrogen-bond donors (Lipinski definition) is 2. The minimum atomic E-state index is 0.00675. The van der Waals surface area contributed by atoms with Crippen LogP contribution in [0, 0.1) is 18.3 Å². The molecule has 0 unspecified atom stereocenters. The van der Waals surface area contributed by atoms with Gasteiger partial charge in [0.2, 0.25) is 0 Å². The molecule has 1 aliphatic carbocycles. The van der Waals surface area contributed by atoms with Crippen LogP contribution < -0.4 is 11.5 Å². The highest BCUT2D eigenvalue weighted by Gasteiger charge is 2.38. The Morgan fingerprint density at radius 1 is 0.583 bits per heavy atom. The van der Waals surface area contributed by atoms with Crippen LogP contribution in [0.2, 0.25) is 0 Å². The third-order valence-electron chi connectivity index (χ3n) is 7.86. The molecule has 0 amide bonds. The Kier molecular flexibility index (Phi) is 6.83. The molecule has 0 aliphatic heterocycles. The molecule has 0 saturated heterocycles. The van der Waals surface area contributed by atoms with Gasteiger partial charge in [0.15, 0.2) is 0 Å². The summed E-state index contributed by atoms with van der Waals surface area (Å²) < 4.78 is 0. The molecule has 0 spiro atoms. The number of nitrogens with two attached hydrogens (primary N) is 2. The molecule has 0 bridgehead atoms. The second-order valence-corrected chi connectivity index (χ2v) is 10.3. The molecule has 1 aliphatic rings. The lowest BCUT2D eigenvalue weighted by Gasteiger charge is -2.40. The van der Waals surface area contributed by atoms with Crippen molar-refractivity contribution in [3.05, 3.63) is 130 Å². The summed E-state index contributed by atoms with van der Waals surface area (Å²) in [6, 6.07) is 34.8. The highest BCUT2D eigenvalue weighted by Crippen LogP contribution is 2.46. The van der Waals surface area contributed by atoms with Crippen molar-refractivity contribution in [2.45, 2.75) is 43.9 Å². The van der Waals surface area contributed by atoms with Crippen LogP contribution in [0.4, 0.5) is 11.4 Å². The first-order valence-corrected chi connectivity index (χ1v) is 12.9. The molecule has 0 aromatic heterocycles. The van der Waals surface area contributed by atoms with Crippen molar-refractivity contribution in [1.29, 1.82) is 0 Å². The van der Waals surface area contributed by atoms with E-state index >= 15 is 0 Å². The monoisotopic (exact) mass is 470 g/mol. The number of rotatable bonds is 6. The van der Waals surface area contributed by atoms with Crippen molar-refractivity contribution in [2.75, 3.05) is 11.5 Å². The largest absolute Gasteiger partial charge is 0.399 e. The van der Waals surface area contributed by atoms with Crippen molar-refractivity contribution in [1.82, 2.24) is 0 Å². The van der Waals surface area contributed by atoms with Crippen LogP contribution in [-0.2, 0) is 18.3 Å². The van der Waals surface area contributed by atoms with Gasteiger partial charge in [-0.15, -0.1) is 12.3 Å². The standard InChI is InChI=1S/C34H34N2/c1-2-25-19-21-34(22-20-25,30-11-3-26(4-12-30)23-28-7-15-32(35)16-8-28)31-13-5-27(6-14-31)24-29-9-17-33(36)18-10-29/h1,3-18,25H,19-24,35-36H2. The summed E-state index contributed by atoms with van der Waals surface area (Å²) in [5.74, 6) is 3.39. The highest BCUT2D eigenvalue weighted by atomic mass is 14.5. The molecule has 4 N–H and O–H groups in total. The number of nitrogen functional groups attached to an aromatic ring is 2. The van der Waals surface area contributed by atoms with Gasteiger partial charge in [0.25, 0.3) is 0 Å². The van der Waals surface area contributed by atoms with E-state index < -0.39 is 0 Å². The lowest BCUT2D eigenvalue weighted by Crippen LogP contribution is -2.33. The van der Waals surface area contributed by atoms with Gasteiger partial charge in [-0.3, -0.25) is 0 Å². The van der Waals surface area contributed by atoms with Gasteiger partial charge in [-0.05, 0) is 96.2 Å². The molecule has 180 valence electrons. The molecular weight excluding hydrogens is 436 g/mol. The third kappa shape index (κ3) is 5.16. The Bertz CT molecular complexity index is 1220. The molecule has 2 heteroatoms. The summed E-state index contributed by atoms with van der Waals surface area (Å²) in [5, 5.41) is 0. The molecular formula is C34H34N2. The average Bonchev–Trinajstić information content (AvgIpc) is 2.92. The number of hydrogen-bond acceptors (Lipinski definition) is 2. The van der Waals surface area contributed by atoms with Gasteiger partial charge < -0.3 is 11.5 Å². The van der Waals surface area contributed by atoms with E-state index in [0.29, 0.717) is 5.92 Å². The van der Waals surface area contributed by atoms with Crippen molar-refractivity contribution < 1.29 is 0 Å². The average molecular weight is 471 g/mol. The van der Waals surface area contributed by atoms with E-state index in [-0.39, 0.29) is 5.41 Å². The predicted octanol–water partition coefficient (Wildman–Crippen LogP) is 7.14. The van der Waals surface area contributed by atoms with Gasteiger partial charge in [-0.1, -0.05) is 72.8 Å². The first-order valence-electron chi connectivity index (χ1n) is 12.9. The van der Waals surface area contributed by atoms with Crippen LogP contribution in [0.15, 0.2) is 97.1 Å². The topological polar surface area (TPSA) is 52.0 Å². The molecule has 1 saturated carbocycles. The van der Waals surface area contributed by atoms with Crippen LogP contribution in [0.5, 0.6) is 0 Å². The lowest BCUT2D eigenvalue weighted by atomic mass is 9.63. The Labute approximate surface area is 215 Å². The van der Waals surface area contributed by atoms with Crippen LogP contribution in [-0.4, -0.2) is 0 Å². The van der Waals surface area contributed by atoms with Crippen molar-refractivity contribution in [3.63, 3.8) is 0 Å². The smallest absolute Gasteiger partial charge is 0.0314 e. The van der Waals surface area contributed by atoms with Gasteiger partial charge in [-0.2, -0.15) is 0 Å². The van der Waals surface area contributed by atoms with Gasteiger partial charge in [0, 0.05) is 22.7 Å². The molecule has 4 aromatic carbocycles. The van der Waals surface area contributed by atoms with E-state index in [9.17, 15) is 0 Å². The molecule has 0 atom stereocenters. The van der Waals surface area contributed by atoms with E-state index in [4.69, 9.17) is 17.9 Å². The van der Waals surface area contributed by atoms with Crippen molar-refractivity contribution in [3.8, 4) is 12.3 Å². The molecule has 5 rings (SSSR count). The van der Waals surface area contributed by atoms with Crippen LogP contribution in [0.1, 0.15) is 59.1 Å².